The Morgan fingerprint density at radius 3 is 2.45 bits per heavy atom. The van der Waals surface area contributed by atoms with Crippen molar-refractivity contribution in [1.82, 2.24) is 4.31 Å². The van der Waals surface area contributed by atoms with E-state index in [1.807, 2.05) is 0 Å². The summed E-state index contributed by atoms with van der Waals surface area (Å²) >= 11 is 6.15. The van der Waals surface area contributed by atoms with Crippen LogP contribution in [0.25, 0.3) is 0 Å². The second-order valence-corrected chi connectivity index (χ2v) is 8.95. The van der Waals surface area contributed by atoms with E-state index < -0.39 is 21.9 Å². The smallest absolute Gasteiger partial charge is 0.337 e. The van der Waals surface area contributed by atoms with E-state index in [1.54, 1.807) is 18.2 Å². The van der Waals surface area contributed by atoms with Gasteiger partial charge in [-0.15, -0.1) is 0 Å². The topological polar surface area (TPSA) is 92.8 Å². The summed E-state index contributed by atoms with van der Waals surface area (Å²) in [5.41, 5.74) is 0.816. The fourth-order valence-corrected chi connectivity index (χ4v) is 5.15. The predicted molar refractivity (Wildman–Crippen MR) is 110 cm³/mol. The molecule has 0 atom stereocenters. The Balaban J connectivity index is 1.85. The number of halogens is 1. The van der Waals surface area contributed by atoms with Gasteiger partial charge in [0.2, 0.25) is 10.0 Å². The molecule has 7 nitrogen and oxygen atoms in total. The molecular weight excluding hydrogens is 416 g/mol. The van der Waals surface area contributed by atoms with E-state index in [4.69, 9.17) is 11.6 Å². The minimum atomic E-state index is -3.78. The number of amides is 1. The van der Waals surface area contributed by atoms with Gasteiger partial charge in [-0.2, -0.15) is 4.31 Å². The van der Waals surface area contributed by atoms with Gasteiger partial charge in [-0.25, -0.2) is 13.2 Å². The van der Waals surface area contributed by atoms with Crippen LogP contribution in [0.4, 0.5) is 5.69 Å². The fourth-order valence-electron chi connectivity index (χ4n) is 3.13. The van der Waals surface area contributed by atoms with Gasteiger partial charge in [-0.05, 0) is 49.2 Å². The van der Waals surface area contributed by atoms with E-state index in [0.29, 0.717) is 18.8 Å². The van der Waals surface area contributed by atoms with Gasteiger partial charge >= 0.3 is 5.97 Å². The first-order valence-electron chi connectivity index (χ1n) is 9.12. The number of carbonyl (C=O) groups is 2. The van der Waals surface area contributed by atoms with Crippen LogP contribution in [0.3, 0.4) is 0 Å². The van der Waals surface area contributed by atoms with Crippen molar-refractivity contribution >= 4 is 39.2 Å². The van der Waals surface area contributed by atoms with Gasteiger partial charge in [0.05, 0.1) is 17.7 Å². The summed E-state index contributed by atoms with van der Waals surface area (Å²) in [6.45, 7) is 0.880. The Bertz CT molecular complexity index is 1030. The number of hydrogen-bond acceptors (Lipinski definition) is 5. The maximum Gasteiger partial charge on any atom is 0.337 e. The zero-order chi connectivity index (χ0) is 21.0. The van der Waals surface area contributed by atoms with Crippen LogP contribution in [-0.4, -0.2) is 44.8 Å². The molecule has 1 saturated heterocycles. The van der Waals surface area contributed by atoms with E-state index in [9.17, 15) is 18.0 Å². The minimum Gasteiger partial charge on any atom is -0.465 e. The van der Waals surface area contributed by atoms with Crippen molar-refractivity contribution in [3.05, 3.63) is 58.6 Å². The number of nitrogens with zero attached hydrogens (tertiary/aromatic N) is 1. The third-order valence-electron chi connectivity index (χ3n) is 4.67. The van der Waals surface area contributed by atoms with Gasteiger partial charge in [0.15, 0.2) is 0 Å². The maximum atomic E-state index is 13.0. The highest BCUT2D eigenvalue weighted by molar-refractivity contribution is 7.89. The van der Waals surface area contributed by atoms with Gasteiger partial charge in [-0.3, -0.25) is 4.79 Å². The number of benzene rings is 2. The molecule has 1 heterocycles. The number of rotatable bonds is 5. The molecule has 9 heteroatoms. The van der Waals surface area contributed by atoms with Gasteiger partial charge in [-0.1, -0.05) is 24.1 Å². The van der Waals surface area contributed by atoms with E-state index in [2.05, 4.69) is 10.1 Å². The van der Waals surface area contributed by atoms with Crippen LogP contribution in [0.15, 0.2) is 47.4 Å². The average Bonchev–Trinajstić information content (AvgIpc) is 2.74. The Kier molecular flexibility index (Phi) is 6.56. The Morgan fingerprint density at radius 2 is 1.76 bits per heavy atom. The molecule has 2 aromatic carbocycles. The molecule has 1 aliphatic heterocycles. The highest BCUT2D eigenvalue weighted by Gasteiger charge is 2.28. The molecular formula is C20H21ClN2O5S. The lowest BCUT2D eigenvalue weighted by Crippen LogP contribution is -2.35. The number of piperidine rings is 1. The van der Waals surface area contributed by atoms with Crippen molar-refractivity contribution in [2.24, 2.45) is 0 Å². The number of nitrogens with one attached hydrogen (secondary N) is 1. The number of methoxy groups -OCH3 is 1. The quantitative estimate of drug-likeness (QED) is 0.723. The molecule has 3 rings (SSSR count). The normalized spacial score (nSPS) is 15.0. The molecule has 2 aromatic rings. The largest absolute Gasteiger partial charge is 0.465 e. The van der Waals surface area contributed by atoms with E-state index in [0.717, 1.165) is 19.3 Å². The first-order chi connectivity index (χ1) is 13.8. The number of carbonyl (C=O) groups excluding carboxylic acids is 2. The van der Waals surface area contributed by atoms with Crippen LogP contribution in [0.1, 0.15) is 40.0 Å². The van der Waals surface area contributed by atoms with Gasteiger partial charge in [0, 0.05) is 24.3 Å². The highest BCUT2D eigenvalue weighted by Crippen LogP contribution is 2.28. The monoisotopic (exact) mass is 436 g/mol. The molecule has 0 aromatic heterocycles. The number of esters is 1. The van der Waals surface area contributed by atoms with E-state index >= 15 is 0 Å². The summed E-state index contributed by atoms with van der Waals surface area (Å²) in [4.78, 5) is 24.2. The maximum absolute atomic E-state index is 13.0. The number of ether oxygens (including phenoxy) is 1. The number of sulfonamides is 1. The molecule has 0 saturated carbocycles. The second kappa shape index (κ2) is 8.94. The summed E-state index contributed by atoms with van der Waals surface area (Å²) in [5, 5.41) is 2.73. The van der Waals surface area contributed by atoms with Crippen LogP contribution in [0.5, 0.6) is 0 Å². The molecule has 1 amide bonds. The van der Waals surface area contributed by atoms with Gasteiger partial charge in [0.1, 0.15) is 4.90 Å². The minimum absolute atomic E-state index is 0.0693. The van der Waals surface area contributed by atoms with Crippen LogP contribution in [0.2, 0.25) is 5.02 Å². The van der Waals surface area contributed by atoms with Crippen molar-refractivity contribution in [2.75, 3.05) is 25.5 Å². The Labute approximate surface area is 174 Å². The molecule has 1 aliphatic rings. The average molecular weight is 437 g/mol. The van der Waals surface area contributed by atoms with Crippen LogP contribution in [0, 0.1) is 0 Å². The summed E-state index contributed by atoms with van der Waals surface area (Å²) in [6.07, 6.45) is 2.59. The van der Waals surface area contributed by atoms with Crippen molar-refractivity contribution in [1.29, 1.82) is 0 Å². The lowest BCUT2D eigenvalue weighted by molar-refractivity contribution is 0.0600. The van der Waals surface area contributed by atoms with Crippen molar-refractivity contribution in [3.63, 3.8) is 0 Å². The van der Waals surface area contributed by atoms with E-state index in [-0.39, 0.29) is 21.0 Å². The number of anilines is 1. The lowest BCUT2D eigenvalue weighted by Gasteiger charge is -2.26. The van der Waals surface area contributed by atoms with Gasteiger partial charge < -0.3 is 10.1 Å². The Morgan fingerprint density at radius 1 is 1.03 bits per heavy atom. The van der Waals surface area contributed by atoms with Crippen molar-refractivity contribution in [3.8, 4) is 0 Å². The second-order valence-electron chi connectivity index (χ2n) is 6.64. The zero-order valence-corrected chi connectivity index (χ0v) is 17.4. The molecule has 0 aliphatic carbocycles. The van der Waals surface area contributed by atoms with E-state index in [1.165, 1.54) is 35.7 Å². The van der Waals surface area contributed by atoms with Gasteiger partial charge in [0.25, 0.3) is 5.91 Å². The first kappa shape index (κ1) is 21.3. The summed E-state index contributed by atoms with van der Waals surface area (Å²) in [7, 11) is -2.51. The summed E-state index contributed by atoms with van der Waals surface area (Å²) in [6, 6.07) is 10.4. The molecule has 29 heavy (non-hydrogen) atoms. The van der Waals surface area contributed by atoms with Crippen molar-refractivity contribution < 1.29 is 22.7 Å². The fraction of sp³-hybridized carbons (Fsp3) is 0.300. The molecule has 0 spiro atoms. The third kappa shape index (κ3) is 4.77. The SMILES string of the molecule is COC(=O)c1cccc(NC(=O)c2ccc(Cl)c(S(=O)(=O)N3CCCCC3)c2)c1. The van der Waals surface area contributed by atoms with Crippen molar-refractivity contribution in [2.45, 2.75) is 24.2 Å². The molecule has 0 unspecified atom stereocenters. The summed E-state index contributed by atoms with van der Waals surface area (Å²) < 4.78 is 32.0. The molecule has 0 radical (unpaired) electrons. The van der Waals surface area contributed by atoms with Crippen LogP contribution in [-0.2, 0) is 14.8 Å². The predicted octanol–water partition coefficient (Wildman–Crippen LogP) is 3.55. The lowest BCUT2D eigenvalue weighted by atomic mass is 10.1. The number of hydrogen-bond donors (Lipinski definition) is 1. The van der Waals surface area contributed by atoms with Crippen LogP contribution < -0.4 is 5.32 Å². The third-order valence-corrected chi connectivity index (χ3v) is 7.05. The summed E-state index contributed by atoms with van der Waals surface area (Å²) in [5.74, 6) is -1.04. The molecule has 154 valence electrons. The standard InChI is InChI=1S/C20H21ClN2O5S/c1-28-20(25)15-6-5-7-16(12-15)22-19(24)14-8-9-17(21)18(13-14)29(26,27)23-10-3-2-4-11-23/h5-9,12-13H,2-4,10-11H2,1H3,(H,22,24). The van der Waals surface area contributed by atoms with Crippen LogP contribution >= 0.6 is 11.6 Å². The Hall–Kier alpha value is -2.42. The highest BCUT2D eigenvalue weighted by atomic mass is 35.5. The molecule has 1 fully saturated rings. The zero-order valence-electron chi connectivity index (χ0n) is 15.9. The molecule has 0 bridgehead atoms. The first-order valence-corrected chi connectivity index (χ1v) is 10.9. The molecule has 1 N–H and O–H groups in total.